The van der Waals surface area contributed by atoms with Gasteiger partial charge in [0.1, 0.15) is 5.54 Å². The van der Waals surface area contributed by atoms with Gasteiger partial charge in [-0.15, -0.1) is 0 Å². The maximum atomic E-state index is 11.9. The van der Waals surface area contributed by atoms with Crippen LogP contribution in [0.4, 0.5) is 4.79 Å². The first-order chi connectivity index (χ1) is 9.29. The molecule has 20 heavy (non-hydrogen) atoms. The van der Waals surface area contributed by atoms with Crippen LogP contribution >= 0.6 is 0 Å². The molecule has 0 aromatic heterocycles. The third kappa shape index (κ3) is 3.09. The van der Waals surface area contributed by atoms with Gasteiger partial charge in [-0.3, -0.25) is 14.5 Å². The summed E-state index contributed by atoms with van der Waals surface area (Å²) in [6.45, 7) is 3.90. The fourth-order valence-corrected chi connectivity index (χ4v) is 2.45. The number of hydrogen-bond acceptors (Lipinski definition) is 4. The topological polar surface area (TPSA) is 98.7 Å². The Bertz CT molecular complexity index is 429. The first kappa shape index (κ1) is 14.8. The van der Waals surface area contributed by atoms with E-state index in [-0.39, 0.29) is 30.9 Å². The maximum absolute atomic E-state index is 11.9. The Balaban J connectivity index is 1.71. The van der Waals surface area contributed by atoms with Crippen molar-refractivity contribution in [3.63, 3.8) is 0 Å². The van der Waals surface area contributed by atoms with Crippen LogP contribution in [0.5, 0.6) is 0 Å². The first-order valence-corrected chi connectivity index (χ1v) is 6.88. The molecule has 0 spiro atoms. The van der Waals surface area contributed by atoms with E-state index in [1.54, 1.807) is 13.8 Å². The summed E-state index contributed by atoms with van der Waals surface area (Å²) in [5.41, 5.74) is -0.893. The molecule has 0 unspecified atom stereocenters. The molecule has 1 saturated carbocycles. The summed E-state index contributed by atoms with van der Waals surface area (Å²) in [5, 5.41) is 14.5. The number of carbonyl (C=O) groups is 3. The number of nitrogens with zero attached hydrogens (tertiary/aromatic N) is 1. The molecular weight excluding hydrogens is 262 g/mol. The summed E-state index contributed by atoms with van der Waals surface area (Å²) in [4.78, 5) is 36.2. The Morgan fingerprint density at radius 2 is 2.10 bits per heavy atom. The number of carbonyl (C=O) groups excluding carboxylic acids is 3. The number of aliphatic hydroxyl groups is 1. The molecule has 1 aliphatic carbocycles. The van der Waals surface area contributed by atoms with Crippen LogP contribution in [0, 0.1) is 5.92 Å². The fourth-order valence-electron chi connectivity index (χ4n) is 2.45. The van der Waals surface area contributed by atoms with Crippen LogP contribution in [0.2, 0.25) is 0 Å². The van der Waals surface area contributed by atoms with Crippen LogP contribution in [0.25, 0.3) is 0 Å². The second-order valence-electron chi connectivity index (χ2n) is 6.06. The van der Waals surface area contributed by atoms with Crippen molar-refractivity contribution in [2.75, 3.05) is 13.1 Å². The summed E-state index contributed by atoms with van der Waals surface area (Å²) < 4.78 is 0. The van der Waals surface area contributed by atoms with E-state index in [1.807, 2.05) is 0 Å². The van der Waals surface area contributed by atoms with E-state index in [9.17, 15) is 14.4 Å². The average Bonchev–Trinajstić information content (AvgIpc) is 2.51. The lowest BCUT2D eigenvalue weighted by atomic mass is 9.82. The van der Waals surface area contributed by atoms with Crippen molar-refractivity contribution < 1.29 is 19.5 Å². The molecule has 3 N–H and O–H groups in total. The van der Waals surface area contributed by atoms with Gasteiger partial charge < -0.3 is 15.7 Å². The van der Waals surface area contributed by atoms with Crippen molar-refractivity contribution in [1.29, 1.82) is 0 Å². The zero-order chi connectivity index (χ0) is 14.9. The van der Waals surface area contributed by atoms with E-state index in [1.165, 1.54) is 0 Å². The van der Waals surface area contributed by atoms with E-state index >= 15 is 0 Å². The summed E-state index contributed by atoms with van der Waals surface area (Å²) >= 11 is 0. The molecule has 0 bridgehead atoms. The number of hydrogen-bond donors (Lipinski definition) is 3. The lowest BCUT2D eigenvalue weighted by Gasteiger charge is -2.31. The number of aliphatic hydroxyl groups excluding tert-OH is 1. The monoisotopic (exact) mass is 283 g/mol. The van der Waals surface area contributed by atoms with Gasteiger partial charge in [0.25, 0.3) is 5.91 Å². The summed E-state index contributed by atoms with van der Waals surface area (Å²) in [6.07, 6.45) is 1.32. The van der Waals surface area contributed by atoms with Gasteiger partial charge in [-0.1, -0.05) is 0 Å². The van der Waals surface area contributed by atoms with Crippen LogP contribution in [-0.2, 0) is 9.59 Å². The predicted octanol–water partition coefficient (Wildman–Crippen LogP) is -0.406. The van der Waals surface area contributed by atoms with Crippen LogP contribution in [0.1, 0.15) is 33.1 Å². The Labute approximate surface area is 117 Å². The van der Waals surface area contributed by atoms with Gasteiger partial charge in [0.05, 0.1) is 6.10 Å². The Morgan fingerprint density at radius 1 is 1.45 bits per heavy atom. The SMILES string of the molecule is CC1(C)NC(=O)N(CCC(=O)NCC2CC(O)C2)C1=O. The van der Waals surface area contributed by atoms with Crippen molar-refractivity contribution in [3.8, 4) is 0 Å². The quantitative estimate of drug-likeness (QED) is 0.598. The van der Waals surface area contributed by atoms with Crippen molar-refractivity contribution in [2.45, 2.75) is 44.8 Å². The summed E-state index contributed by atoms with van der Waals surface area (Å²) in [6, 6.07) is -0.449. The molecule has 112 valence electrons. The second kappa shape index (κ2) is 5.40. The molecule has 0 radical (unpaired) electrons. The van der Waals surface area contributed by atoms with Crippen LogP contribution in [0.15, 0.2) is 0 Å². The van der Waals surface area contributed by atoms with Crippen LogP contribution in [0.3, 0.4) is 0 Å². The maximum Gasteiger partial charge on any atom is 0.325 e. The van der Waals surface area contributed by atoms with Crippen molar-refractivity contribution >= 4 is 17.8 Å². The molecular formula is C13H21N3O4. The Morgan fingerprint density at radius 3 is 2.60 bits per heavy atom. The second-order valence-corrected chi connectivity index (χ2v) is 6.06. The number of imide groups is 1. The molecule has 2 aliphatic rings. The molecule has 1 aliphatic heterocycles. The van der Waals surface area contributed by atoms with Gasteiger partial charge in [-0.2, -0.15) is 0 Å². The number of urea groups is 1. The highest BCUT2D eigenvalue weighted by atomic mass is 16.3. The van der Waals surface area contributed by atoms with Gasteiger partial charge in [0.15, 0.2) is 0 Å². The van der Waals surface area contributed by atoms with E-state index in [0.29, 0.717) is 12.5 Å². The minimum atomic E-state index is -0.893. The number of nitrogens with one attached hydrogen (secondary N) is 2. The first-order valence-electron chi connectivity index (χ1n) is 6.88. The lowest BCUT2D eigenvalue weighted by molar-refractivity contribution is -0.130. The van der Waals surface area contributed by atoms with Crippen LogP contribution < -0.4 is 10.6 Å². The minimum Gasteiger partial charge on any atom is -0.393 e. The third-order valence-electron chi connectivity index (χ3n) is 3.81. The zero-order valence-corrected chi connectivity index (χ0v) is 11.8. The standard InChI is InChI=1S/C13H21N3O4/c1-13(2)11(19)16(12(20)15-13)4-3-10(18)14-7-8-5-9(17)6-8/h8-9,17H,3-7H2,1-2H3,(H,14,18)(H,15,20). The highest BCUT2D eigenvalue weighted by molar-refractivity contribution is 6.06. The highest BCUT2D eigenvalue weighted by Gasteiger charge is 2.44. The lowest BCUT2D eigenvalue weighted by Crippen LogP contribution is -2.41. The number of rotatable bonds is 5. The minimum absolute atomic E-state index is 0.0905. The van der Waals surface area contributed by atoms with Gasteiger partial charge in [0.2, 0.25) is 5.91 Å². The molecule has 7 heteroatoms. The Kier molecular flexibility index (Phi) is 3.99. The van der Waals surface area contributed by atoms with Crippen molar-refractivity contribution in [2.24, 2.45) is 5.92 Å². The summed E-state index contributed by atoms with van der Waals surface area (Å²) in [7, 11) is 0. The molecule has 7 nitrogen and oxygen atoms in total. The average molecular weight is 283 g/mol. The largest absolute Gasteiger partial charge is 0.393 e. The van der Waals surface area contributed by atoms with E-state index < -0.39 is 11.6 Å². The molecule has 1 saturated heterocycles. The molecule has 2 fully saturated rings. The van der Waals surface area contributed by atoms with Gasteiger partial charge >= 0.3 is 6.03 Å². The van der Waals surface area contributed by atoms with Crippen molar-refractivity contribution in [3.05, 3.63) is 0 Å². The van der Waals surface area contributed by atoms with Crippen LogP contribution in [-0.4, -0.2) is 52.6 Å². The van der Waals surface area contributed by atoms with E-state index in [4.69, 9.17) is 5.11 Å². The molecule has 1 heterocycles. The molecule has 4 amide bonds. The summed E-state index contributed by atoms with van der Waals surface area (Å²) in [5.74, 6) is -0.154. The zero-order valence-electron chi connectivity index (χ0n) is 11.8. The highest BCUT2D eigenvalue weighted by Crippen LogP contribution is 2.26. The fraction of sp³-hybridized carbons (Fsp3) is 0.769. The molecule has 0 aromatic rings. The normalized spacial score (nSPS) is 28.1. The van der Waals surface area contributed by atoms with E-state index in [2.05, 4.69) is 10.6 Å². The van der Waals surface area contributed by atoms with E-state index in [0.717, 1.165) is 17.7 Å². The smallest absolute Gasteiger partial charge is 0.325 e. The van der Waals surface area contributed by atoms with Gasteiger partial charge in [0, 0.05) is 19.5 Å². The van der Waals surface area contributed by atoms with Gasteiger partial charge in [-0.05, 0) is 32.6 Å². The Hall–Kier alpha value is -1.63. The predicted molar refractivity (Wildman–Crippen MR) is 70.7 cm³/mol. The van der Waals surface area contributed by atoms with Crippen molar-refractivity contribution in [1.82, 2.24) is 15.5 Å². The molecule has 0 atom stereocenters. The molecule has 0 aromatic carbocycles. The van der Waals surface area contributed by atoms with Gasteiger partial charge in [-0.25, -0.2) is 4.79 Å². The third-order valence-corrected chi connectivity index (χ3v) is 3.81. The molecule has 2 rings (SSSR count). The number of amides is 4.